The van der Waals surface area contributed by atoms with Gasteiger partial charge in [0, 0.05) is 38.4 Å². The van der Waals surface area contributed by atoms with E-state index in [2.05, 4.69) is 5.32 Å². The summed E-state index contributed by atoms with van der Waals surface area (Å²) in [6, 6.07) is 5.83. The summed E-state index contributed by atoms with van der Waals surface area (Å²) in [6.45, 7) is 5.26. The summed E-state index contributed by atoms with van der Waals surface area (Å²) < 4.78 is 10.9. The Kier molecular flexibility index (Phi) is 8.96. The molecule has 1 aliphatic rings. The fourth-order valence-corrected chi connectivity index (χ4v) is 3.41. The molecular formula is C22H32N2O5. The number of ether oxygens (including phenoxy) is 2. The highest BCUT2D eigenvalue weighted by atomic mass is 16.5. The third-order valence-corrected chi connectivity index (χ3v) is 5.07. The number of likely N-dealkylation sites (tertiary alicyclic amines) is 1. The zero-order valence-corrected chi connectivity index (χ0v) is 17.7. The fourth-order valence-electron chi connectivity index (χ4n) is 3.41. The largest absolute Gasteiger partial charge is 0.493 e. The van der Waals surface area contributed by atoms with E-state index >= 15 is 0 Å². The Morgan fingerprint density at radius 1 is 1.10 bits per heavy atom. The van der Waals surface area contributed by atoms with Crippen molar-refractivity contribution in [1.82, 2.24) is 10.2 Å². The van der Waals surface area contributed by atoms with Crippen molar-refractivity contribution in [1.29, 1.82) is 0 Å². The Morgan fingerprint density at radius 2 is 1.83 bits per heavy atom. The lowest BCUT2D eigenvalue weighted by atomic mass is 10.0. The van der Waals surface area contributed by atoms with Gasteiger partial charge >= 0.3 is 0 Å². The van der Waals surface area contributed by atoms with E-state index < -0.39 is 0 Å². The predicted molar refractivity (Wildman–Crippen MR) is 110 cm³/mol. The van der Waals surface area contributed by atoms with Gasteiger partial charge in [0.05, 0.1) is 13.7 Å². The molecule has 1 heterocycles. The summed E-state index contributed by atoms with van der Waals surface area (Å²) in [5.74, 6) is 1.44. The van der Waals surface area contributed by atoms with Crippen LogP contribution in [0.25, 0.3) is 0 Å². The minimum Gasteiger partial charge on any atom is -0.493 e. The van der Waals surface area contributed by atoms with Gasteiger partial charge < -0.3 is 24.5 Å². The van der Waals surface area contributed by atoms with Gasteiger partial charge in [0.2, 0.25) is 11.8 Å². The quantitative estimate of drug-likeness (QED) is 0.648. The molecule has 7 heteroatoms. The van der Waals surface area contributed by atoms with Crippen LogP contribution < -0.4 is 14.8 Å². The van der Waals surface area contributed by atoms with Crippen molar-refractivity contribution in [3.8, 4) is 11.5 Å². The number of carbonyl (C=O) groups excluding carboxylic acids is 3. The molecule has 1 aromatic rings. The van der Waals surface area contributed by atoms with E-state index in [-0.39, 0.29) is 36.5 Å². The monoisotopic (exact) mass is 404 g/mol. The zero-order valence-electron chi connectivity index (χ0n) is 17.7. The van der Waals surface area contributed by atoms with E-state index in [0.29, 0.717) is 44.0 Å². The SMILES string of the molecule is CCOc1ccc(CCC(=O)N2CCC(NC(=O)CCC(C)=O)CC2)cc1OC. The highest BCUT2D eigenvalue weighted by Gasteiger charge is 2.23. The molecule has 0 aliphatic carbocycles. The van der Waals surface area contributed by atoms with Crippen LogP contribution in [0.1, 0.15) is 51.5 Å². The molecule has 1 saturated heterocycles. The molecule has 1 N–H and O–H groups in total. The molecule has 1 aliphatic heterocycles. The fraction of sp³-hybridized carbons (Fsp3) is 0.591. The third kappa shape index (κ3) is 7.40. The summed E-state index contributed by atoms with van der Waals surface area (Å²) in [4.78, 5) is 37.2. The number of nitrogens with one attached hydrogen (secondary N) is 1. The lowest BCUT2D eigenvalue weighted by molar-refractivity contribution is -0.132. The summed E-state index contributed by atoms with van der Waals surface area (Å²) in [7, 11) is 1.61. The Hall–Kier alpha value is -2.57. The van der Waals surface area contributed by atoms with Crippen LogP contribution in [0.3, 0.4) is 0 Å². The van der Waals surface area contributed by atoms with Crippen molar-refractivity contribution in [2.24, 2.45) is 0 Å². The third-order valence-electron chi connectivity index (χ3n) is 5.07. The van der Waals surface area contributed by atoms with Gasteiger partial charge in [-0.1, -0.05) is 6.07 Å². The van der Waals surface area contributed by atoms with Crippen LogP contribution in [-0.2, 0) is 20.8 Å². The van der Waals surface area contributed by atoms with E-state index in [1.165, 1.54) is 6.92 Å². The van der Waals surface area contributed by atoms with E-state index in [0.717, 1.165) is 18.4 Å². The van der Waals surface area contributed by atoms with Crippen molar-refractivity contribution < 1.29 is 23.9 Å². The van der Waals surface area contributed by atoms with Crippen LogP contribution in [0, 0.1) is 0 Å². The first-order valence-electron chi connectivity index (χ1n) is 10.3. The van der Waals surface area contributed by atoms with Gasteiger partial charge in [0.25, 0.3) is 0 Å². The minimum atomic E-state index is -0.0885. The molecule has 0 saturated carbocycles. The minimum absolute atomic E-state index is 0.0192. The van der Waals surface area contributed by atoms with E-state index in [4.69, 9.17) is 9.47 Å². The summed E-state index contributed by atoms with van der Waals surface area (Å²) >= 11 is 0. The van der Waals surface area contributed by atoms with Crippen LogP contribution in [0.5, 0.6) is 11.5 Å². The van der Waals surface area contributed by atoms with Gasteiger partial charge in [-0.2, -0.15) is 0 Å². The first-order chi connectivity index (χ1) is 13.9. The van der Waals surface area contributed by atoms with Crippen LogP contribution in [-0.4, -0.2) is 55.3 Å². The van der Waals surface area contributed by atoms with E-state index in [1.54, 1.807) is 7.11 Å². The van der Waals surface area contributed by atoms with Gasteiger partial charge in [-0.15, -0.1) is 0 Å². The number of Topliss-reactive ketones (excluding diaryl/α,β-unsaturated/α-hetero) is 1. The molecule has 0 atom stereocenters. The second kappa shape index (κ2) is 11.4. The standard InChI is InChI=1S/C22H32N2O5/c1-4-29-19-8-6-17(15-20(19)28-3)7-10-22(27)24-13-11-18(12-14-24)23-21(26)9-5-16(2)25/h6,8,15,18H,4-5,7,9-14H2,1-3H3,(H,23,26). The Balaban J connectivity index is 1.75. The smallest absolute Gasteiger partial charge is 0.222 e. The number of nitrogens with zero attached hydrogens (tertiary/aromatic N) is 1. The molecule has 0 aromatic heterocycles. The Labute approximate surface area is 172 Å². The number of hydrogen-bond donors (Lipinski definition) is 1. The molecule has 1 fully saturated rings. The lowest BCUT2D eigenvalue weighted by Crippen LogP contribution is -2.46. The number of amides is 2. The van der Waals surface area contributed by atoms with Gasteiger partial charge in [-0.25, -0.2) is 0 Å². The number of benzene rings is 1. The molecule has 160 valence electrons. The van der Waals surface area contributed by atoms with Crippen molar-refractivity contribution in [3.63, 3.8) is 0 Å². The Bertz CT molecular complexity index is 711. The second-order valence-corrected chi connectivity index (χ2v) is 7.34. The molecule has 7 nitrogen and oxygen atoms in total. The van der Waals surface area contributed by atoms with Crippen LogP contribution in [0.4, 0.5) is 0 Å². The Morgan fingerprint density at radius 3 is 2.45 bits per heavy atom. The first kappa shape index (κ1) is 22.7. The van der Waals surface area contributed by atoms with Crippen molar-refractivity contribution in [3.05, 3.63) is 23.8 Å². The van der Waals surface area contributed by atoms with Gasteiger partial charge in [-0.05, 0) is 50.8 Å². The van der Waals surface area contributed by atoms with Crippen molar-refractivity contribution >= 4 is 17.6 Å². The van der Waals surface area contributed by atoms with Crippen LogP contribution in [0.2, 0.25) is 0 Å². The number of aryl methyl sites for hydroxylation is 1. The molecular weight excluding hydrogens is 372 g/mol. The molecule has 0 bridgehead atoms. The number of carbonyl (C=O) groups is 3. The van der Waals surface area contributed by atoms with Crippen molar-refractivity contribution in [2.75, 3.05) is 26.8 Å². The maximum absolute atomic E-state index is 12.5. The first-order valence-corrected chi connectivity index (χ1v) is 10.3. The number of rotatable bonds is 10. The van der Waals surface area contributed by atoms with Crippen molar-refractivity contribution in [2.45, 2.75) is 58.4 Å². The average molecular weight is 405 g/mol. The van der Waals surface area contributed by atoms with Gasteiger partial charge in [0.1, 0.15) is 5.78 Å². The second-order valence-electron chi connectivity index (χ2n) is 7.34. The number of ketones is 1. The average Bonchev–Trinajstić information content (AvgIpc) is 2.72. The molecule has 2 amide bonds. The summed E-state index contributed by atoms with van der Waals surface area (Å²) in [5.41, 5.74) is 1.03. The van der Waals surface area contributed by atoms with Crippen LogP contribution >= 0.6 is 0 Å². The van der Waals surface area contributed by atoms with E-state index in [1.807, 2.05) is 30.0 Å². The molecule has 0 spiro atoms. The number of piperidine rings is 1. The summed E-state index contributed by atoms with van der Waals surface area (Å²) in [6.07, 6.45) is 3.08. The maximum Gasteiger partial charge on any atom is 0.222 e. The number of methoxy groups -OCH3 is 1. The van der Waals surface area contributed by atoms with Crippen LogP contribution in [0.15, 0.2) is 18.2 Å². The summed E-state index contributed by atoms with van der Waals surface area (Å²) in [5, 5.41) is 2.96. The highest BCUT2D eigenvalue weighted by molar-refractivity contribution is 5.83. The topological polar surface area (TPSA) is 84.9 Å². The van der Waals surface area contributed by atoms with Gasteiger partial charge in [0.15, 0.2) is 11.5 Å². The predicted octanol–water partition coefficient (Wildman–Crippen LogP) is 2.50. The molecule has 0 unspecified atom stereocenters. The number of hydrogen-bond acceptors (Lipinski definition) is 5. The highest BCUT2D eigenvalue weighted by Crippen LogP contribution is 2.28. The lowest BCUT2D eigenvalue weighted by Gasteiger charge is -2.32. The zero-order chi connectivity index (χ0) is 21.2. The van der Waals surface area contributed by atoms with Gasteiger partial charge in [-0.3, -0.25) is 9.59 Å². The normalized spacial score (nSPS) is 14.4. The van der Waals surface area contributed by atoms with E-state index in [9.17, 15) is 14.4 Å². The molecule has 29 heavy (non-hydrogen) atoms. The maximum atomic E-state index is 12.5. The molecule has 0 radical (unpaired) electrons. The molecule has 1 aromatic carbocycles. The molecule has 2 rings (SSSR count).